The lowest BCUT2D eigenvalue weighted by Crippen LogP contribution is -2.26. The molecule has 2 heterocycles. The number of hydrogen-bond acceptors (Lipinski definition) is 5. The zero-order valence-corrected chi connectivity index (χ0v) is 11.8. The highest BCUT2D eigenvalue weighted by Gasteiger charge is 2.30. The Bertz CT molecular complexity index is 607. The van der Waals surface area contributed by atoms with Gasteiger partial charge in [0.2, 0.25) is 0 Å². The Hall–Kier alpha value is -2.08. The molecule has 0 amide bonds. The van der Waals surface area contributed by atoms with E-state index in [2.05, 4.69) is 31.9 Å². The second kappa shape index (κ2) is 5.50. The van der Waals surface area contributed by atoms with Crippen LogP contribution < -0.4 is 10.6 Å². The van der Waals surface area contributed by atoms with Crippen molar-refractivity contribution >= 4 is 23.0 Å². The van der Waals surface area contributed by atoms with Gasteiger partial charge < -0.3 is 15.8 Å². The van der Waals surface area contributed by atoms with Crippen LogP contribution in [0.1, 0.15) is 24.0 Å². The summed E-state index contributed by atoms with van der Waals surface area (Å²) in [5.74, 6) is 0.989. The predicted molar refractivity (Wildman–Crippen MR) is 80.3 cm³/mol. The predicted octanol–water partition coefficient (Wildman–Crippen LogP) is 2.41. The first-order valence-corrected chi connectivity index (χ1v) is 7.44. The van der Waals surface area contributed by atoms with Crippen molar-refractivity contribution in [3.8, 4) is 0 Å². The summed E-state index contributed by atoms with van der Waals surface area (Å²) < 4.78 is 0. The second-order valence-corrected chi connectivity index (χ2v) is 5.66. The van der Waals surface area contributed by atoms with E-state index < -0.39 is 0 Å². The molecule has 0 bridgehead atoms. The smallest absolute Gasteiger partial charge is 0.170 e. The highest BCUT2D eigenvalue weighted by Crippen LogP contribution is 2.32. The molecule has 20 heavy (non-hydrogen) atoms. The third kappa shape index (κ3) is 2.75. The molecule has 0 radical (unpaired) electrons. The molecule has 5 nitrogen and oxygen atoms in total. The molecule has 6 heteroatoms. The van der Waals surface area contributed by atoms with E-state index >= 15 is 0 Å². The van der Waals surface area contributed by atoms with Crippen molar-refractivity contribution in [1.29, 1.82) is 0 Å². The van der Waals surface area contributed by atoms with E-state index in [1.807, 2.05) is 6.07 Å². The molecule has 3 rings (SSSR count). The minimum atomic E-state index is 0.111. The minimum absolute atomic E-state index is 0.111. The lowest BCUT2D eigenvalue weighted by molar-refractivity contribution is 0.318. The normalized spacial score (nSPS) is 15.3. The Morgan fingerprint density at radius 1 is 1.50 bits per heavy atom. The number of oxime groups is 1. The summed E-state index contributed by atoms with van der Waals surface area (Å²) >= 11 is 1.70. The van der Waals surface area contributed by atoms with Crippen LogP contribution in [0.15, 0.2) is 40.3 Å². The van der Waals surface area contributed by atoms with Gasteiger partial charge in [-0.15, -0.1) is 0 Å². The van der Waals surface area contributed by atoms with Crippen molar-refractivity contribution in [2.24, 2.45) is 10.9 Å². The van der Waals surface area contributed by atoms with Crippen LogP contribution in [0.4, 0.5) is 5.82 Å². The molecule has 104 valence electrons. The fourth-order valence-corrected chi connectivity index (χ4v) is 2.82. The molecule has 0 spiro atoms. The zero-order valence-electron chi connectivity index (χ0n) is 10.9. The summed E-state index contributed by atoms with van der Waals surface area (Å²) in [6, 6.07) is 6.30. The van der Waals surface area contributed by atoms with Crippen LogP contribution in [-0.2, 0) is 6.54 Å². The van der Waals surface area contributed by atoms with Gasteiger partial charge in [0.1, 0.15) is 5.82 Å². The van der Waals surface area contributed by atoms with Crippen molar-refractivity contribution in [3.63, 3.8) is 0 Å². The van der Waals surface area contributed by atoms with E-state index in [4.69, 9.17) is 10.9 Å². The van der Waals surface area contributed by atoms with Crippen molar-refractivity contribution in [2.45, 2.75) is 25.4 Å². The van der Waals surface area contributed by atoms with E-state index in [1.165, 1.54) is 18.4 Å². The summed E-state index contributed by atoms with van der Waals surface area (Å²) in [4.78, 5) is 6.72. The van der Waals surface area contributed by atoms with Crippen molar-refractivity contribution in [3.05, 3.63) is 46.3 Å². The molecule has 0 aromatic carbocycles. The minimum Gasteiger partial charge on any atom is -0.409 e. The molecule has 0 unspecified atom stereocenters. The molecule has 1 saturated carbocycles. The summed E-state index contributed by atoms with van der Waals surface area (Å²) in [7, 11) is 0. The number of anilines is 1. The van der Waals surface area contributed by atoms with Crippen LogP contribution in [0, 0.1) is 0 Å². The molecular formula is C14H16N4OS. The van der Waals surface area contributed by atoms with Gasteiger partial charge in [0.05, 0.1) is 0 Å². The zero-order chi connectivity index (χ0) is 13.9. The van der Waals surface area contributed by atoms with Crippen LogP contribution in [0.2, 0.25) is 0 Å². The van der Waals surface area contributed by atoms with Gasteiger partial charge in [-0.2, -0.15) is 11.3 Å². The maximum Gasteiger partial charge on any atom is 0.170 e. The van der Waals surface area contributed by atoms with Gasteiger partial charge in [0, 0.05) is 24.3 Å². The van der Waals surface area contributed by atoms with Crippen molar-refractivity contribution in [1.82, 2.24) is 4.98 Å². The summed E-state index contributed by atoms with van der Waals surface area (Å²) in [6.07, 6.45) is 4.09. The van der Waals surface area contributed by atoms with Crippen molar-refractivity contribution in [2.75, 3.05) is 4.90 Å². The number of hydrogen-bond donors (Lipinski definition) is 2. The number of amidine groups is 1. The largest absolute Gasteiger partial charge is 0.409 e. The first kappa shape index (κ1) is 12.9. The van der Waals surface area contributed by atoms with Gasteiger partial charge in [-0.05, 0) is 47.4 Å². The topological polar surface area (TPSA) is 74.7 Å². The third-order valence-corrected chi connectivity index (χ3v) is 4.10. The summed E-state index contributed by atoms with van der Waals surface area (Å²) in [6.45, 7) is 0.848. The van der Waals surface area contributed by atoms with Crippen LogP contribution in [0.3, 0.4) is 0 Å². The average Bonchev–Trinajstić information content (AvgIpc) is 3.20. The maximum atomic E-state index is 8.78. The fraction of sp³-hybridized carbons (Fsp3) is 0.286. The van der Waals surface area contributed by atoms with Gasteiger partial charge in [0.25, 0.3) is 0 Å². The third-order valence-electron chi connectivity index (χ3n) is 3.36. The monoisotopic (exact) mass is 288 g/mol. The fourth-order valence-electron chi connectivity index (χ4n) is 2.16. The first-order chi connectivity index (χ1) is 9.78. The van der Waals surface area contributed by atoms with Crippen molar-refractivity contribution < 1.29 is 5.21 Å². The molecule has 0 aliphatic heterocycles. The molecule has 1 aliphatic carbocycles. The highest BCUT2D eigenvalue weighted by atomic mass is 32.1. The molecule has 0 saturated heterocycles. The van der Waals surface area contributed by atoms with E-state index in [0.29, 0.717) is 11.6 Å². The van der Waals surface area contributed by atoms with Crippen LogP contribution in [0.5, 0.6) is 0 Å². The maximum absolute atomic E-state index is 8.78. The van der Waals surface area contributed by atoms with Gasteiger partial charge in [0.15, 0.2) is 5.84 Å². The Morgan fingerprint density at radius 2 is 2.35 bits per heavy atom. The van der Waals surface area contributed by atoms with E-state index in [1.54, 1.807) is 23.6 Å². The lowest BCUT2D eigenvalue weighted by atomic mass is 10.2. The Kier molecular flexibility index (Phi) is 3.56. The van der Waals surface area contributed by atoms with E-state index in [9.17, 15) is 0 Å². The van der Waals surface area contributed by atoms with Crippen LogP contribution in [-0.4, -0.2) is 22.1 Å². The van der Waals surface area contributed by atoms with Crippen LogP contribution in [0.25, 0.3) is 0 Å². The number of aromatic nitrogens is 1. The molecule has 1 aliphatic rings. The van der Waals surface area contributed by atoms with Gasteiger partial charge in [-0.25, -0.2) is 4.98 Å². The summed E-state index contributed by atoms with van der Waals surface area (Å²) in [5, 5.41) is 16.1. The van der Waals surface area contributed by atoms with Gasteiger partial charge >= 0.3 is 0 Å². The standard InChI is InChI=1S/C14H16N4OS/c15-14(17-19)11-3-5-16-13(7-11)18(12-1-2-12)8-10-4-6-20-9-10/h3-7,9,12,19H,1-2,8H2,(H2,15,17). The second-order valence-electron chi connectivity index (χ2n) is 4.88. The number of nitrogens with two attached hydrogens (primary N) is 1. The number of thiophene rings is 1. The molecule has 1 fully saturated rings. The molecular weight excluding hydrogens is 272 g/mol. The number of nitrogens with zero attached hydrogens (tertiary/aromatic N) is 3. The molecule has 2 aromatic rings. The number of rotatable bonds is 5. The molecule has 2 aromatic heterocycles. The molecule has 0 atom stereocenters. The number of pyridine rings is 1. The SMILES string of the molecule is NC(=NO)c1ccnc(N(Cc2ccsc2)C2CC2)c1. The van der Waals surface area contributed by atoms with Crippen LogP contribution >= 0.6 is 11.3 Å². The summed E-state index contributed by atoms with van der Waals surface area (Å²) in [5.41, 5.74) is 7.62. The van der Waals surface area contributed by atoms with E-state index in [-0.39, 0.29) is 5.84 Å². The van der Waals surface area contributed by atoms with Gasteiger partial charge in [-0.1, -0.05) is 5.16 Å². The first-order valence-electron chi connectivity index (χ1n) is 6.49. The lowest BCUT2D eigenvalue weighted by Gasteiger charge is -2.23. The average molecular weight is 288 g/mol. The van der Waals surface area contributed by atoms with Gasteiger partial charge in [-0.3, -0.25) is 0 Å². The molecule has 3 N–H and O–H groups in total. The quantitative estimate of drug-likeness (QED) is 0.383. The Morgan fingerprint density at radius 3 is 3.00 bits per heavy atom. The Balaban J connectivity index is 1.87. The van der Waals surface area contributed by atoms with E-state index in [0.717, 1.165) is 12.4 Å². The Labute approximate surface area is 121 Å². The highest BCUT2D eigenvalue weighted by molar-refractivity contribution is 7.07.